The van der Waals surface area contributed by atoms with Gasteiger partial charge in [-0.2, -0.15) is 18.2 Å². The van der Waals surface area contributed by atoms with Crippen LogP contribution >= 0.6 is 0 Å². The van der Waals surface area contributed by atoms with E-state index in [2.05, 4.69) is 13.0 Å². The van der Waals surface area contributed by atoms with Crippen LogP contribution in [-0.2, 0) is 39.1 Å². The number of rotatable bonds is 1. The van der Waals surface area contributed by atoms with Crippen LogP contribution in [0.2, 0.25) is 0 Å². The summed E-state index contributed by atoms with van der Waals surface area (Å²) >= 11 is 0. The summed E-state index contributed by atoms with van der Waals surface area (Å²) in [5.41, 5.74) is 1.31. The summed E-state index contributed by atoms with van der Waals surface area (Å²) in [4.78, 5) is 0. The molecule has 0 radical (unpaired) electrons. The third-order valence-electron chi connectivity index (χ3n) is 2.39. The van der Waals surface area contributed by atoms with Crippen LogP contribution in [0.3, 0.4) is 0 Å². The van der Waals surface area contributed by atoms with Crippen molar-refractivity contribution in [3.05, 3.63) is 29.8 Å². The third kappa shape index (κ3) is 2.54. The van der Waals surface area contributed by atoms with Gasteiger partial charge in [0, 0.05) is 5.75 Å². The minimum Gasteiger partial charge on any atom is -0.516 e. The fraction of sp³-hybridized carbons (Fsp3) is 0.455. The Bertz CT molecular complexity index is 273. The summed E-state index contributed by atoms with van der Waals surface area (Å²) in [6, 6.07) is 9.03. The fourth-order valence-corrected chi connectivity index (χ4v) is 1.60. The van der Waals surface area contributed by atoms with Crippen LogP contribution in [0.5, 0.6) is 5.75 Å². The first-order valence-electron chi connectivity index (χ1n) is 4.56. The van der Waals surface area contributed by atoms with Crippen LogP contribution in [-0.4, -0.2) is 6.10 Å². The number of fused-ring (bicyclic) bond motifs is 1. The average Bonchev–Trinajstić information content (AvgIpc) is 2.17. The van der Waals surface area contributed by atoms with Gasteiger partial charge in [0.05, 0.1) is 6.10 Å². The number of hydrogen-bond acceptors (Lipinski definition) is 1. The molecule has 13 heavy (non-hydrogen) atoms. The maximum absolute atomic E-state index is 5.76. The molecular formula is C11H13OY+2. The SMILES string of the molecule is CCC1CCc2c[c-]ccc2O1.[Y+3]. The Kier molecular flexibility index (Phi) is 4.41. The Balaban J connectivity index is 0.000000845. The number of ether oxygens (including phenoxy) is 1. The first-order valence-corrected chi connectivity index (χ1v) is 4.56. The van der Waals surface area contributed by atoms with E-state index in [1.165, 1.54) is 5.56 Å². The van der Waals surface area contributed by atoms with Crippen LogP contribution in [0, 0.1) is 6.07 Å². The van der Waals surface area contributed by atoms with Crippen LogP contribution in [0.1, 0.15) is 25.3 Å². The molecular weight excluding hydrogens is 237 g/mol. The Hall–Kier alpha value is 0.124. The molecule has 1 nitrogen and oxygen atoms in total. The van der Waals surface area contributed by atoms with E-state index in [1.54, 1.807) is 0 Å². The molecule has 0 spiro atoms. The molecule has 1 atom stereocenters. The van der Waals surface area contributed by atoms with Crippen LogP contribution in [0.15, 0.2) is 18.2 Å². The van der Waals surface area contributed by atoms with E-state index < -0.39 is 0 Å². The van der Waals surface area contributed by atoms with Gasteiger partial charge in [-0.15, -0.1) is 11.6 Å². The molecule has 2 heteroatoms. The largest absolute Gasteiger partial charge is 3.00 e. The summed E-state index contributed by atoms with van der Waals surface area (Å²) in [5, 5.41) is 0. The molecule has 0 N–H and O–H groups in total. The molecule has 64 valence electrons. The maximum Gasteiger partial charge on any atom is 3.00 e. The quantitative estimate of drug-likeness (QED) is 0.696. The number of aryl methyl sites for hydroxylation is 1. The van der Waals surface area contributed by atoms with Gasteiger partial charge >= 0.3 is 32.7 Å². The van der Waals surface area contributed by atoms with Gasteiger partial charge in [-0.1, -0.05) is 13.3 Å². The molecule has 1 aliphatic heterocycles. The van der Waals surface area contributed by atoms with E-state index >= 15 is 0 Å². The zero-order valence-corrected chi connectivity index (χ0v) is 10.8. The Morgan fingerprint density at radius 1 is 1.62 bits per heavy atom. The van der Waals surface area contributed by atoms with Gasteiger partial charge < -0.3 is 4.74 Å². The van der Waals surface area contributed by atoms with Gasteiger partial charge in [-0.05, 0) is 12.8 Å². The Labute approximate surface area is 105 Å². The standard InChI is InChI=1S/C11H13O.Y/c1-2-10-8-7-9-5-3-4-6-11(9)12-10;/h4-6,10H,2,7-8H2,1H3;/q-1;+3. The van der Waals surface area contributed by atoms with E-state index in [0.717, 1.165) is 25.0 Å². The predicted molar refractivity (Wildman–Crippen MR) is 48.3 cm³/mol. The number of benzene rings is 1. The molecule has 1 heterocycles. The molecule has 0 amide bonds. The van der Waals surface area contributed by atoms with E-state index in [9.17, 15) is 0 Å². The molecule has 1 aromatic rings. The van der Waals surface area contributed by atoms with Gasteiger partial charge in [-0.25, -0.2) is 0 Å². The summed E-state index contributed by atoms with van der Waals surface area (Å²) in [5.74, 6) is 1.06. The molecule has 1 aromatic carbocycles. The number of hydrogen-bond donors (Lipinski definition) is 0. The summed E-state index contributed by atoms with van der Waals surface area (Å²) < 4.78 is 5.76. The van der Waals surface area contributed by atoms with Gasteiger partial charge in [0.25, 0.3) is 0 Å². The Morgan fingerprint density at radius 2 is 2.46 bits per heavy atom. The van der Waals surface area contributed by atoms with Gasteiger partial charge in [0.15, 0.2) is 0 Å². The Morgan fingerprint density at radius 3 is 3.23 bits per heavy atom. The first-order chi connectivity index (χ1) is 5.90. The van der Waals surface area contributed by atoms with Gasteiger partial charge in [-0.3, -0.25) is 0 Å². The monoisotopic (exact) mass is 250 g/mol. The van der Waals surface area contributed by atoms with Crippen molar-refractivity contribution in [3.8, 4) is 5.75 Å². The molecule has 0 bridgehead atoms. The molecule has 0 fully saturated rings. The van der Waals surface area contributed by atoms with Gasteiger partial charge in [0.1, 0.15) is 0 Å². The second kappa shape index (κ2) is 5.12. The summed E-state index contributed by atoms with van der Waals surface area (Å²) in [7, 11) is 0. The van der Waals surface area contributed by atoms with Crippen molar-refractivity contribution in [1.82, 2.24) is 0 Å². The molecule has 2 rings (SSSR count). The van der Waals surface area contributed by atoms with Crippen molar-refractivity contribution in [3.63, 3.8) is 0 Å². The zero-order valence-electron chi connectivity index (χ0n) is 7.92. The van der Waals surface area contributed by atoms with Crippen molar-refractivity contribution in [2.75, 3.05) is 0 Å². The zero-order chi connectivity index (χ0) is 8.39. The van der Waals surface area contributed by atoms with E-state index in [4.69, 9.17) is 4.74 Å². The fourth-order valence-electron chi connectivity index (χ4n) is 1.60. The van der Waals surface area contributed by atoms with Crippen LogP contribution in [0.25, 0.3) is 0 Å². The molecule has 1 unspecified atom stereocenters. The molecule has 0 aliphatic carbocycles. The smallest absolute Gasteiger partial charge is 0.516 e. The van der Waals surface area contributed by atoms with Crippen molar-refractivity contribution < 1.29 is 37.4 Å². The van der Waals surface area contributed by atoms with E-state index in [1.807, 2.05) is 18.2 Å². The van der Waals surface area contributed by atoms with E-state index in [-0.39, 0.29) is 32.7 Å². The van der Waals surface area contributed by atoms with Crippen molar-refractivity contribution in [2.24, 2.45) is 0 Å². The maximum atomic E-state index is 5.76. The van der Waals surface area contributed by atoms with Crippen molar-refractivity contribution in [1.29, 1.82) is 0 Å². The van der Waals surface area contributed by atoms with E-state index in [0.29, 0.717) is 6.10 Å². The van der Waals surface area contributed by atoms with Crippen molar-refractivity contribution >= 4 is 0 Å². The van der Waals surface area contributed by atoms with Crippen molar-refractivity contribution in [2.45, 2.75) is 32.3 Å². The summed E-state index contributed by atoms with van der Waals surface area (Å²) in [6.45, 7) is 2.17. The second-order valence-electron chi connectivity index (χ2n) is 3.22. The second-order valence-corrected chi connectivity index (χ2v) is 3.22. The minimum absolute atomic E-state index is 0. The van der Waals surface area contributed by atoms with Crippen LogP contribution < -0.4 is 4.74 Å². The molecule has 1 aliphatic rings. The average molecular weight is 250 g/mol. The normalized spacial score (nSPS) is 19.6. The minimum atomic E-state index is 0. The summed E-state index contributed by atoms with van der Waals surface area (Å²) in [6.07, 6.45) is 3.84. The first kappa shape index (κ1) is 11.2. The van der Waals surface area contributed by atoms with Gasteiger partial charge in [0.2, 0.25) is 0 Å². The topological polar surface area (TPSA) is 9.23 Å². The third-order valence-corrected chi connectivity index (χ3v) is 2.39. The molecule has 0 saturated heterocycles. The molecule has 0 aromatic heterocycles. The van der Waals surface area contributed by atoms with Crippen LogP contribution in [0.4, 0.5) is 0 Å². The predicted octanol–water partition coefficient (Wildman–Crippen LogP) is 2.59. The molecule has 0 saturated carbocycles.